The summed E-state index contributed by atoms with van der Waals surface area (Å²) in [6, 6.07) is 19.6. The van der Waals surface area contributed by atoms with Gasteiger partial charge in [0.05, 0.1) is 10.6 Å². The first-order valence-corrected chi connectivity index (χ1v) is 8.88. The Kier molecular flexibility index (Phi) is 4.36. The van der Waals surface area contributed by atoms with Crippen LogP contribution in [0.2, 0.25) is 0 Å². The fourth-order valence-electron chi connectivity index (χ4n) is 2.37. The van der Waals surface area contributed by atoms with Crippen LogP contribution in [0.5, 0.6) is 0 Å². The number of anilines is 1. The molecule has 0 saturated carbocycles. The van der Waals surface area contributed by atoms with Gasteiger partial charge in [-0.3, -0.25) is 4.72 Å². The summed E-state index contributed by atoms with van der Waals surface area (Å²) in [5.41, 5.74) is 2.86. The van der Waals surface area contributed by atoms with Crippen molar-refractivity contribution in [2.24, 2.45) is 0 Å². The normalized spacial score (nSPS) is 11.2. The molecule has 0 fully saturated rings. The molecule has 0 saturated heterocycles. The molecule has 0 aromatic heterocycles. The van der Waals surface area contributed by atoms with Gasteiger partial charge in [0, 0.05) is 5.56 Å². The molecule has 24 heavy (non-hydrogen) atoms. The van der Waals surface area contributed by atoms with Gasteiger partial charge in [-0.15, -0.1) is 0 Å². The summed E-state index contributed by atoms with van der Waals surface area (Å²) < 4.78 is 40.9. The number of halogens is 1. The second-order valence-corrected chi connectivity index (χ2v) is 7.15. The third-order valence-corrected chi connectivity index (χ3v) is 5.04. The van der Waals surface area contributed by atoms with Crippen molar-refractivity contribution in [3.63, 3.8) is 0 Å². The monoisotopic (exact) mass is 341 g/mol. The van der Waals surface area contributed by atoms with E-state index in [0.29, 0.717) is 11.3 Å². The molecule has 5 heteroatoms. The minimum atomic E-state index is -3.69. The average molecular weight is 341 g/mol. The van der Waals surface area contributed by atoms with Gasteiger partial charge in [0.2, 0.25) is 0 Å². The lowest BCUT2D eigenvalue weighted by Crippen LogP contribution is -2.13. The molecule has 0 bridgehead atoms. The Balaban J connectivity index is 1.98. The zero-order valence-corrected chi connectivity index (χ0v) is 13.8. The van der Waals surface area contributed by atoms with Gasteiger partial charge in [-0.2, -0.15) is 0 Å². The van der Waals surface area contributed by atoms with E-state index in [1.54, 1.807) is 54.6 Å². The van der Waals surface area contributed by atoms with Crippen LogP contribution in [0.15, 0.2) is 77.7 Å². The van der Waals surface area contributed by atoms with E-state index >= 15 is 0 Å². The molecular weight excluding hydrogens is 325 g/mol. The molecular formula is C19H16FNO2S. The lowest BCUT2D eigenvalue weighted by molar-refractivity contribution is 0.601. The molecule has 0 radical (unpaired) electrons. The third-order valence-electron chi connectivity index (χ3n) is 3.66. The quantitative estimate of drug-likeness (QED) is 0.754. The zero-order valence-electron chi connectivity index (χ0n) is 13.0. The Hall–Kier alpha value is -2.66. The van der Waals surface area contributed by atoms with Crippen LogP contribution in [0.1, 0.15) is 5.56 Å². The van der Waals surface area contributed by atoms with E-state index in [1.807, 2.05) is 13.0 Å². The molecule has 122 valence electrons. The van der Waals surface area contributed by atoms with Crippen molar-refractivity contribution in [3.8, 4) is 11.1 Å². The van der Waals surface area contributed by atoms with Gasteiger partial charge in [0.1, 0.15) is 5.82 Å². The summed E-state index contributed by atoms with van der Waals surface area (Å²) >= 11 is 0. The summed E-state index contributed by atoms with van der Waals surface area (Å²) in [7, 11) is -3.69. The number of hydrogen-bond donors (Lipinski definition) is 1. The zero-order chi connectivity index (χ0) is 17.2. The maximum atomic E-state index is 13.1. The maximum absolute atomic E-state index is 13.1. The Bertz CT molecular complexity index is 949. The van der Waals surface area contributed by atoms with Crippen LogP contribution in [0.25, 0.3) is 11.1 Å². The molecule has 3 aromatic rings. The second-order valence-electron chi connectivity index (χ2n) is 5.47. The molecule has 0 aliphatic rings. The van der Waals surface area contributed by atoms with E-state index in [2.05, 4.69) is 4.72 Å². The summed E-state index contributed by atoms with van der Waals surface area (Å²) in [4.78, 5) is 0.196. The molecule has 0 spiro atoms. The highest BCUT2D eigenvalue weighted by Crippen LogP contribution is 2.29. The molecule has 3 rings (SSSR count). The largest absolute Gasteiger partial charge is 0.279 e. The van der Waals surface area contributed by atoms with Crippen molar-refractivity contribution < 1.29 is 12.8 Å². The molecule has 3 nitrogen and oxygen atoms in total. The number of nitrogens with one attached hydrogen (secondary N) is 1. The number of rotatable bonds is 4. The average Bonchev–Trinajstić information content (AvgIpc) is 2.56. The van der Waals surface area contributed by atoms with E-state index in [1.165, 1.54) is 12.1 Å². The van der Waals surface area contributed by atoms with Crippen molar-refractivity contribution in [2.75, 3.05) is 4.72 Å². The van der Waals surface area contributed by atoms with Crippen molar-refractivity contribution in [1.82, 2.24) is 0 Å². The SMILES string of the molecule is Cc1ccc(S(=O)(=O)Nc2ccccc2-c2ccc(F)cc2)cc1. The van der Waals surface area contributed by atoms with Crippen LogP contribution in [0.4, 0.5) is 10.1 Å². The van der Waals surface area contributed by atoms with Crippen LogP contribution >= 0.6 is 0 Å². The summed E-state index contributed by atoms with van der Waals surface area (Å²) in [6.45, 7) is 1.90. The number of para-hydroxylation sites is 1. The first-order chi connectivity index (χ1) is 11.5. The highest BCUT2D eigenvalue weighted by molar-refractivity contribution is 7.92. The van der Waals surface area contributed by atoms with Gasteiger partial charge in [-0.05, 0) is 42.8 Å². The molecule has 0 unspecified atom stereocenters. The highest BCUT2D eigenvalue weighted by atomic mass is 32.2. The molecule has 0 amide bonds. The number of aryl methyl sites for hydroxylation is 1. The fraction of sp³-hybridized carbons (Fsp3) is 0.0526. The smallest absolute Gasteiger partial charge is 0.261 e. The van der Waals surface area contributed by atoms with E-state index < -0.39 is 10.0 Å². The third kappa shape index (κ3) is 3.46. The van der Waals surface area contributed by atoms with Crippen LogP contribution in [0.3, 0.4) is 0 Å². The van der Waals surface area contributed by atoms with Crippen LogP contribution < -0.4 is 4.72 Å². The highest BCUT2D eigenvalue weighted by Gasteiger charge is 2.16. The fourth-order valence-corrected chi connectivity index (χ4v) is 3.45. The van der Waals surface area contributed by atoms with Crippen LogP contribution in [-0.2, 0) is 10.0 Å². The topological polar surface area (TPSA) is 46.2 Å². The van der Waals surface area contributed by atoms with Crippen LogP contribution in [-0.4, -0.2) is 8.42 Å². The maximum Gasteiger partial charge on any atom is 0.261 e. The van der Waals surface area contributed by atoms with Gasteiger partial charge in [0.15, 0.2) is 0 Å². The van der Waals surface area contributed by atoms with Gasteiger partial charge in [0.25, 0.3) is 10.0 Å². The summed E-state index contributed by atoms with van der Waals surface area (Å²) in [6.07, 6.45) is 0. The van der Waals surface area contributed by atoms with Gasteiger partial charge >= 0.3 is 0 Å². The van der Waals surface area contributed by atoms with Crippen molar-refractivity contribution in [1.29, 1.82) is 0 Å². The molecule has 0 atom stereocenters. The van der Waals surface area contributed by atoms with Crippen molar-refractivity contribution >= 4 is 15.7 Å². The number of sulfonamides is 1. The predicted molar refractivity (Wildman–Crippen MR) is 93.8 cm³/mol. The van der Waals surface area contributed by atoms with E-state index in [9.17, 15) is 12.8 Å². The van der Waals surface area contributed by atoms with Crippen LogP contribution in [0, 0.1) is 12.7 Å². The van der Waals surface area contributed by atoms with E-state index in [4.69, 9.17) is 0 Å². The lowest BCUT2D eigenvalue weighted by atomic mass is 10.0. The molecule has 3 aromatic carbocycles. The van der Waals surface area contributed by atoms with Gasteiger partial charge in [-0.1, -0.05) is 48.0 Å². The van der Waals surface area contributed by atoms with Gasteiger partial charge in [-0.25, -0.2) is 12.8 Å². The first-order valence-electron chi connectivity index (χ1n) is 7.40. The van der Waals surface area contributed by atoms with Crippen molar-refractivity contribution in [3.05, 3.63) is 84.2 Å². The predicted octanol–water partition coefficient (Wildman–Crippen LogP) is 4.60. The Morgan fingerprint density at radius 2 is 1.46 bits per heavy atom. The molecule has 0 aliphatic heterocycles. The molecule has 0 aliphatic carbocycles. The number of hydrogen-bond acceptors (Lipinski definition) is 2. The summed E-state index contributed by atoms with van der Waals surface area (Å²) in [5.74, 6) is -0.337. The van der Waals surface area contributed by atoms with E-state index in [0.717, 1.165) is 11.1 Å². The lowest BCUT2D eigenvalue weighted by Gasteiger charge is -2.13. The Morgan fingerprint density at radius 1 is 0.833 bits per heavy atom. The van der Waals surface area contributed by atoms with Crippen molar-refractivity contribution in [2.45, 2.75) is 11.8 Å². The standard InChI is InChI=1S/C19H16FNO2S/c1-14-6-12-17(13-7-14)24(22,23)21-19-5-3-2-4-18(19)15-8-10-16(20)11-9-15/h2-13,21H,1H3. The minimum absolute atomic E-state index is 0.196. The molecule has 1 N–H and O–H groups in total. The minimum Gasteiger partial charge on any atom is -0.279 e. The van der Waals surface area contributed by atoms with E-state index in [-0.39, 0.29) is 10.7 Å². The first kappa shape index (κ1) is 16.2. The second kappa shape index (κ2) is 6.45. The molecule has 0 heterocycles. The Morgan fingerprint density at radius 3 is 2.12 bits per heavy atom. The van der Waals surface area contributed by atoms with Gasteiger partial charge < -0.3 is 0 Å². The number of benzene rings is 3. The summed E-state index contributed by atoms with van der Waals surface area (Å²) in [5, 5.41) is 0. The Labute approximate surface area is 140 Å².